The monoisotopic (exact) mass is 283 g/mol. The zero-order chi connectivity index (χ0) is 13.8. The minimum atomic E-state index is -0.131. The second-order valence-corrected chi connectivity index (χ2v) is 4.54. The van der Waals surface area contributed by atoms with Gasteiger partial charge in [-0.25, -0.2) is 4.98 Å². The predicted octanol–water partition coefficient (Wildman–Crippen LogP) is 0.658. The van der Waals surface area contributed by atoms with Crippen LogP contribution in [-0.2, 0) is 4.79 Å². The van der Waals surface area contributed by atoms with E-state index < -0.39 is 0 Å². The second kappa shape index (κ2) is 5.88. The lowest BCUT2D eigenvalue weighted by Gasteiger charge is -2.32. The van der Waals surface area contributed by atoms with Crippen molar-refractivity contribution in [3.8, 4) is 5.88 Å². The molecule has 6 nitrogen and oxygen atoms in total. The molecular formula is C12H14ClN3O3. The van der Waals surface area contributed by atoms with Crippen LogP contribution in [0.25, 0.3) is 0 Å². The summed E-state index contributed by atoms with van der Waals surface area (Å²) in [6.07, 6.45) is 0.800. The molecule has 2 heterocycles. The van der Waals surface area contributed by atoms with Crippen LogP contribution in [0.5, 0.6) is 5.88 Å². The summed E-state index contributed by atoms with van der Waals surface area (Å²) in [5, 5.41) is 0.217. The van der Waals surface area contributed by atoms with Crippen molar-refractivity contribution >= 4 is 23.9 Å². The van der Waals surface area contributed by atoms with Gasteiger partial charge in [-0.1, -0.05) is 11.6 Å². The fourth-order valence-corrected chi connectivity index (χ4v) is 2.11. The fraction of sp³-hybridized carbons (Fsp3) is 0.417. The van der Waals surface area contributed by atoms with Gasteiger partial charge in [0.25, 0.3) is 5.91 Å². The molecule has 1 aromatic heterocycles. The van der Waals surface area contributed by atoms with Crippen molar-refractivity contribution in [3.05, 3.63) is 22.8 Å². The average Bonchev–Trinajstić information content (AvgIpc) is 2.46. The van der Waals surface area contributed by atoms with Crippen LogP contribution in [0, 0.1) is 0 Å². The van der Waals surface area contributed by atoms with Gasteiger partial charge in [-0.2, -0.15) is 0 Å². The fourth-order valence-electron chi connectivity index (χ4n) is 1.91. The molecule has 2 rings (SSSR count). The number of methoxy groups -OCH3 is 1. The Morgan fingerprint density at radius 3 is 2.63 bits per heavy atom. The molecule has 0 spiro atoms. The molecule has 0 unspecified atom stereocenters. The first kappa shape index (κ1) is 13.6. The van der Waals surface area contributed by atoms with Crippen molar-refractivity contribution in [2.75, 3.05) is 33.3 Å². The Labute approximate surface area is 115 Å². The molecule has 0 N–H and O–H groups in total. The molecule has 0 bridgehead atoms. The SMILES string of the molecule is COc1cc(C(=O)N2CCN(C=O)CC2)cc(Cl)n1. The zero-order valence-corrected chi connectivity index (χ0v) is 11.3. The van der Waals surface area contributed by atoms with E-state index in [-0.39, 0.29) is 11.1 Å². The van der Waals surface area contributed by atoms with Crippen LogP contribution in [0.3, 0.4) is 0 Å². The second-order valence-electron chi connectivity index (χ2n) is 4.15. The van der Waals surface area contributed by atoms with E-state index in [9.17, 15) is 9.59 Å². The Morgan fingerprint density at radius 2 is 2.05 bits per heavy atom. The van der Waals surface area contributed by atoms with Crippen LogP contribution >= 0.6 is 11.6 Å². The highest BCUT2D eigenvalue weighted by Crippen LogP contribution is 2.18. The van der Waals surface area contributed by atoms with Gasteiger partial charge in [0.15, 0.2) is 0 Å². The van der Waals surface area contributed by atoms with Gasteiger partial charge >= 0.3 is 0 Å². The van der Waals surface area contributed by atoms with Crippen molar-refractivity contribution in [3.63, 3.8) is 0 Å². The first-order valence-electron chi connectivity index (χ1n) is 5.84. The number of hydrogen-bond acceptors (Lipinski definition) is 4. The molecular weight excluding hydrogens is 270 g/mol. The van der Waals surface area contributed by atoms with Gasteiger partial charge < -0.3 is 14.5 Å². The van der Waals surface area contributed by atoms with Crippen LogP contribution in [0.1, 0.15) is 10.4 Å². The van der Waals surface area contributed by atoms with Gasteiger partial charge in [-0.15, -0.1) is 0 Å². The van der Waals surface area contributed by atoms with Gasteiger partial charge in [-0.3, -0.25) is 9.59 Å². The smallest absolute Gasteiger partial charge is 0.254 e. The molecule has 0 aromatic carbocycles. The van der Waals surface area contributed by atoms with Crippen LogP contribution in [0.15, 0.2) is 12.1 Å². The highest BCUT2D eigenvalue weighted by atomic mass is 35.5. The number of halogens is 1. The number of rotatable bonds is 3. The summed E-state index contributed by atoms with van der Waals surface area (Å²) in [7, 11) is 1.47. The summed E-state index contributed by atoms with van der Waals surface area (Å²) >= 11 is 5.84. The molecule has 7 heteroatoms. The van der Waals surface area contributed by atoms with E-state index in [2.05, 4.69) is 4.98 Å². The molecule has 1 saturated heterocycles. The Bertz CT molecular complexity index is 487. The topological polar surface area (TPSA) is 62.7 Å². The van der Waals surface area contributed by atoms with Crippen LogP contribution in [0.4, 0.5) is 0 Å². The Balaban J connectivity index is 2.11. The molecule has 1 fully saturated rings. The number of amides is 2. The summed E-state index contributed by atoms with van der Waals surface area (Å²) < 4.78 is 4.99. The number of pyridine rings is 1. The molecule has 1 aromatic rings. The molecule has 0 atom stereocenters. The van der Waals surface area contributed by atoms with Crippen molar-refractivity contribution in [1.29, 1.82) is 0 Å². The third-order valence-electron chi connectivity index (χ3n) is 2.98. The van der Waals surface area contributed by atoms with E-state index in [0.717, 1.165) is 6.41 Å². The molecule has 19 heavy (non-hydrogen) atoms. The van der Waals surface area contributed by atoms with E-state index in [4.69, 9.17) is 16.3 Å². The number of aromatic nitrogens is 1. The zero-order valence-electron chi connectivity index (χ0n) is 10.5. The lowest BCUT2D eigenvalue weighted by Crippen LogP contribution is -2.48. The lowest BCUT2D eigenvalue weighted by molar-refractivity contribution is -0.119. The number of carbonyl (C=O) groups is 2. The minimum Gasteiger partial charge on any atom is -0.481 e. The third-order valence-corrected chi connectivity index (χ3v) is 3.17. The van der Waals surface area contributed by atoms with E-state index in [1.54, 1.807) is 15.9 Å². The van der Waals surface area contributed by atoms with E-state index >= 15 is 0 Å². The maximum absolute atomic E-state index is 12.3. The highest BCUT2D eigenvalue weighted by Gasteiger charge is 2.22. The molecule has 2 amide bonds. The summed E-state index contributed by atoms with van der Waals surface area (Å²) in [6.45, 7) is 2.12. The van der Waals surface area contributed by atoms with Crippen molar-refractivity contribution in [1.82, 2.24) is 14.8 Å². The van der Waals surface area contributed by atoms with Crippen molar-refractivity contribution < 1.29 is 14.3 Å². The van der Waals surface area contributed by atoms with E-state index in [1.165, 1.54) is 13.2 Å². The quantitative estimate of drug-likeness (QED) is 0.604. The van der Waals surface area contributed by atoms with E-state index in [1.807, 2.05) is 0 Å². The summed E-state index contributed by atoms with van der Waals surface area (Å²) in [5.41, 5.74) is 0.441. The van der Waals surface area contributed by atoms with Crippen LogP contribution in [-0.4, -0.2) is 60.4 Å². The summed E-state index contributed by atoms with van der Waals surface area (Å²) in [5.74, 6) is 0.176. The number of hydrogen-bond donors (Lipinski definition) is 0. The van der Waals surface area contributed by atoms with Gasteiger partial charge in [-0.05, 0) is 6.07 Å². The Hall–Kier alpha value is -1.82. The standard InChI is InChI=1S/C12H14ClN3O3/c1-19-11-7-9(6-10(13)14-11)12(18)16-4-2-15(8-17)3-5-16/h6-8H,2-5H2,1H3. The summed E-state index contributed by atoms with van der Waals surface area (Å²) in [4.78, 5) is 30.2. The highest BCUT2D eigenvalue weighted by molar-refractivity contribution is 6.29. The van der Waals surface area contributed by atoms with Crippen LogP contribution in [0.2, 0.25) is 5.15 Å². The largest absolute Gasteiger partial charge is 0.481 e. The van der Waals surface area contributed by atoms with Crippen molar-refractivity contribution in [2.24, 2.45) is 0 Å². The normalized spacial score (nSPS) is 15.3. The minimum absolute atomic E-state index is 0.131. The van der Waals surface area contributed by atoms with Gasteiger partial charge in [0, 0.05) is 37.8 Å². The number of ether oxygens (including phenoxy) is 1. The Morgan fingerprint density at radius 1 is 1.37 bits per heavy atom. The Kier molecular flexibility index (Phi) is 4.21. The van der Waals surface area contributed by atoms with Gasteiger partial charge in [0.05, 0.1) is 7.11 Å². The average molecular weight is 284 g/mol. The summed E-state index contributed by atoms with van der Waals surface area (Å²) in [6, 6.07) is 3.07. The van der Waals surface area contributed by atoms with Crippen molar-refractivity contribution in [2.45, 2.75) is 0 Å². The van der Waals surface area contributed by atoms with Gasteiger partial charge in [0.1, 0.15) is 5.15 Å². The number of nitrogens with zero attached hydrogens (tertiary/aromatic N) is 3. The molecule has 0 radical (unpaired) electrons. The first-order chi connectivity index (χ1) is 9.13. The van der Waals surface area contributed by atoms with Crippen LogP contribution < -0.4 is 4.74 Å². The van der Waals surface area contributed by atoms with Gasteiger partial charge in [0.2, 0.25) is 12.3 Å². The predicted molar refractivity (Wildman–Crippen MR) is 69.3 cm³/mol. The van der Waals surface area contributed by atoms with E-state index in [0.29, 0.717) is 37.6 Å². The maximum atomic E-state index is 12.3. The maximum Gasteiger partial charge on any atom is 0.254 e. The number of piperazine rings is 1. The molecule has 0 saturated carbocycles. The molecule has 102 valence electrons. The first-order valence-corrected chi connectivity index (χ1v) is 6.22. The lowest BCUT2D eigenvalue weighted by atomic mass is 10.2. The number of carbonyl (C=O) groups excluding carboxylic acids is 2. The molecule has 0 aliphatic carbocycles. The molecule has 1 aliphatic heterocycles. The molecule has 1 aliphatic rings. The third kappa shape index (κ3) is 3.14.